The van der Waals surface area contributed by atoms with Gasteiger partial charge in [-0.1, -0.05) is 23.7 Å². The Labute approximate surface area is 148 Å². The molecular formula is C14H13ClN4O5S. The van der Waals surface area contributed by atoms with E-state index in [4.69, 9.17) is 16.7 Å². The zero-order valence-corrected chi connectivity index (χ0v) is 14.7. The van der Waals surface area contributed by atoms with Gasteiger partial charge < -0.3 is 4.74 Å². The van der Waals surface area contributed by atoms with E-state index in [0.717, 1.165) is 6.07 Å². The normalized spacial score (nSPS) is 11.0. The Morgan fingerprint density at radius 2 is 1.72 bits per heavy atom. The number of nitrogens with zero attached hydrogens (tertiary/aromatic N) is 2. The van der Waals surface area contributed by atoms with Gasteiger partial charge in [0.1, 0.15) is 0 Å². The summed E-state index contributed by atoms with van der Waals surface area (Å²) in [7, 11) is -4.16. The van der Waals surface area contributed by atoms with E-state index in [-0.39, 0.29) is 11.5 Å². The van der Waals surface area contributed by atoms with Crippen molar-refractivity contribution in [1.82, 2.24) is 9.97 Å². The smallest absolute Gasteiger partial charge is 0.372 e. The third-order valence-electron chi connectivity index (χ3n) is 3.00. The van der Waals surface area contributed by atoms with Crippen LogP contribution in [0.15, 0.2) is 29.2 Å². The summed E-state index contributed by atoms with van der Waals surface area (Å²) in [5, 5.41) is 7.54. The molecule has 0 radical (unpaired) electrons. The minimum atomic E-state index is -4.16. The number of ether oxygens (including phenoxy) is 1. The van der Waals surface area contributed by atoms with Crippen LogP contribution in [-0.4, -0.2) is 30.4 Å². The van der Waals surface area contributed by atoms with Crippen LogP contribution in [0.3, 0.4) is 0 Å². The number of carbonyl (C=O) groups is 2. The molecule has 0 aliphatic carbocycles. The Kier molecular flexibility index (Phi) is 5.36. The van der Waals surface area contributed by atoms with E-state index in [1.807, 2.05) is 0 Å². The number of anilines is 1. The molecule has 0 spiro atoms. The van der Waals surface area contributed by atoms with Crippen LogP contribution in [0, 0.1) is 13.8 Å². The minimum absolute atomic E-state index is 0.114. The third kappa shape index (κ3) is 4.50. The zero-order chi connectivity index (χ0) is 18.8. The standard InChI is InChI=1S/C14H13ClN4O5S/c1-7-11(15)8(2)18-13(17-7)19-14(21)24-12(20)9-5-3-4-6-10(9)25(16,22)23/h3-6H,1-2H3,(H2,16,22,23)(H,17,18,19,21). The number of nitrogens with two attached hydrogens (primary N) is 1. The molecule has 0 fully saturated rings. The lowest BCUT2D eigenvalue weighted by atomic mass is 10.2. The van der Waals surface area contributed by atoms with Gasteiger partial charge in [-0.05, 0) is 26.0 Å². The molecule has 0 atom stereocenters. The van der Waals surface area contributed by atoms with Crippen molar-refractivity contribution in [3.63, 3.8) is 0 Å². The van der Waals surface area contributed by atoms with E-state index in [9.17, 15) is 18.0 Å². The van der Waals surface area contributed by atoms with Crippen molar-refractivity contribution in [2.45, 2.75) is 18.7 Å². The first kappa shape index (κ1) is 18.8. The lowest BCUT2D eigenvalue weighted by Gasteiger charge is -2.09. The van der Waals surface area contributed by atoms with E-state index in [1.165, 1.54) is 18.2 Å². The van der Waals surface area contributed by atoms with Crippen molar-refractivity contribution in [3.05, 3.63) is 46.2 Å². The van der Waals surface area contributed by atoms with Gasteiger partial charge >= 0.3 is 12.1 Å². The van der Waals surface area contributed by atoms with Crippen molar-refractivity contribution < 1.29 is 22.7 Å². The number of aryl methyl sites for hydroxylation is 2. The topological polar surface area (TPSA) is 141 Å². The zero-order valence-electron chi connectivity index (χ0n) is 13.1. The van der Waals surface area contributed by atoms with Crippen LogP contribution in [0.5, 0.6) is 0 Å². The fourth-order valence-electron chi connectivity index (χ4n) is 1.90. The predicted octanol–water partition coefficient (Wildman–Crippen LogP) is 1.78. The summed E-state index contributed by atoms with van der Waals surface area (Å²) in [4.78, 5) is 31.3. The Balaban J connectivity index is 2.18. The molecule has 0 saturated carbocycles. The fourth-order valence-corrected chi connectivity index (χ4v) is 2.71. The summed E-state index contributed by atoms with van der Waals surface area (Å²) in [6, 6.07) is 5.07. The maximum Gasteiger partial charge on any atom is 0.422 e. The van der Waals surface area contributed by atoms with Gasteiger partial charge in [0, 0.05) is 0 Å². The number of esters is 1. The quantitative estimate of drug-likeness (QED) is 0.606. The molecule has 11 heteroatoms. The molecule has 1 heterocycles. The average molecular weight is 385 g/mol. The maximum absolute atomic E-state index is 12.0. The Morgan fingerprint density at radius 3 is 2.28 bits per heavy atom. The second-order valence-corrected chi connectivity index (χ2v) is 6.78. The number of hydrogen-bond acceptors (Lipinski definition) is 7. The average Bonchev–Trinajstić information content (AvgIpc) is 2.51. The molecule has 3 N–H and O–H groups in total. The summed E-state index contributed by atoms with van der Waals surface area (Å²) in [5.41, 5.74) is 0.482. The molecule has 1 aromatic carbocycles. The second kappa shape index (κ2) is 7.13. The highest BCUT2D eigenvalue weighted by Crippen LogP contribution is 2.18. The highest BCUT2D eigenvalue weighted by atomic mass is 35.5. The molecule has 1 aromatic heterocycles. The van der Waals surface area contributed by atoms with Crippen LogP contribution >= 0.6 is 11.6 Å². The van der Waals surface area contributed by atoms with E-state index in [0.29, 0.717) is 16.4 Å². The van der Waals surface area contributed by atoms with Crippen LogP contribution in [0.4, 0.5) is 10.7 Å². The molecule has 0 unspecified atom stereocenters. The van der Waals surface area contributed by atoms with Crippen molar-refractivity contribution in [1.29, 1.82) is 0 Å². The van der Waals surface area contributed by atoms with Crippen molar-refractivity contribution >= 4 is 39.6 Å². The Morgan fingerprint density at radius 1 is 1.16 bits per heavy atom. The largest absolute Gasteiger partial charge is 0.422 e. The molecule has 0 aliphatic rings. The number of primary sulfonamides is 1. The molecule has 132 valence electrons. The van der Waals surface area contributed by atoms with Crippen LogP contribution in [-0.2, 0) is 14.8 Å². The molecule has 0 aliphatic heterocycles. The Hall–Kier alpha value is -2.56. The highest BCUT2D eigenvalue weighted by Gasteiger charge is 2.22. The van der Waals surface area contributed by atoms with Gasteiger partial charge in [-0.3, -0.25) is 5.32 Å². The van der Waals surface area contributed by atoms with E-state index >= 15 is 0 Å². The number of rotatable bonds is 3. The second-order valence-electron chi connectivity index (χ2n) is 4.88. The van der Waals surface area contributed by atoms with Crippen LogP contribution in [0.25, 0.3) is 0 Å². The molecule has 25 heavy (non-hydrogen) atoms. The number of halogens is 1. The molecule has 0 bridgehead atoms. The summed E-state index contributed by atoms with van der Waals surface area (Å²) in [6.45, 7) is 3.22. The van der Waals surface area contributed by atoms with Crippen LogP contribution < -0.4 is 10.5 Å². The molecule has 2 aromatic rings. The van der Waals surface area contributed by atoms with E-state index in [1.54, 1.807) is 13.8 Å². The van der Waals surface area contributed by atoms with Crippen molar-refractivity contribution in [2.75, 3.05) is 5.32 Å². The SMILES string of the molecule is Cc1nc(NC(=O)OC(=O)c2ccccc2S(N)(=O)=O)nc(C)c1Cl. The number of amides is 1. The lowest BCUT2D eigenvalue weighted by molar-refractivity contribution is 0.0641. The van der Waals surface area contributed by atoms with Gasteiger partial charge in [-0.2, -0.15) is 0 Å². The first-order valence-electron chi connectivity index (χ1n) is 6.75. The van der Waals surface area contributed by atoms with Crippen molar-refractivity contribution in [2.24, 2.45) is 5.14 Å². The predicted molar refractivity (Wildman–Crippen MR) is 88.8 cm³/mol. The Bertz CT molecular complexity index is 938. The molecule has 9 nitrogen and oxygen atoms in total. The highest BCUT2D eigenvalue weighted by molar-refractivity contribution is 7.89. The minimum Gasteiger partial charge on any atom is -0.372 e. The van der Waals surface area contributed by atoms with E-state index in [2.05, 4.69) is 20.0 Å². The van der Waals surface area contributed by atoms with Gasteiger partial charge in [0.05, 0.1) is 26.9 Å². The molecule has 1 amide bonds. The maximum atomic E-state index is 12.0. The number of nitrogens with one attached hydrogen (secondary N) is 1. The number of carbonyl (C=O) groups excluding carboxylic acids is 2. The summed E-state index contributed by atoms with van der Waals surface area (Å²) in [5.74, 6) is -1.30. The third-order valence-corrected chi connectivity index (χ3v) is 4.51. The summed E-state index contributed by atoms with van der Waals surface area (Å²) < 4.78 is 27.5. The monoisotopic (exact) mass is 384 g/mol. The van der Waals surface area contributed by atoms with E-state index < -0.39 is 27.0 Å². The van der Waals surface area contributed by atoms with Gasteiger partial charge in [0.2, 0.25) is 16.0 Å². The number of hydrogen-bond donors (Lipinski definition) is 2. The lowest BCUT2D eigenvalue weighted by Crippen LogP contribution is -2.23. The number of benzene rings is 1. The number of sulfonamides is 1. The van der Waals surface area contributed by atoms with Gasteiger partial charge in [-0.25, -0.2) is 33.1 Å². The number of aromatic nitrogens is 2. The molecule has 0 saturated heterocycles. The first-order valence-corrected chi connectivity index (χ1v) is 8.67. The van der Waals surface area contributed by atoms with Crippen LogP contribution in [0.1, 0.15) is 21.7 Å². The molecule has 2 rings (SSSR count). The first-order chi connectivity index (χ1) is 11.6. The van der Waals surface area contributed by atoms with Gasteiger partial charge in [-0.15, -0.1) is 0 Å². The van der Waals surface area contributed by atoms with Crippen molar-refractivity contribution in [3.8, 4) is 0 Å². The van der Waals surface area contributed by atoms with Gasteiger partial charge in [0.25, 0.3) is 0 Å². The summed E-state index contributed by atoms with van der Waals surface area (Å²) >= 11 is 5.92. The summed E-state index contributed by atoms with van der Waals surface area (Å²) in [6.07, 6.45) is -1.18. The van der Waals surface area contributed by atoms with Crippen LogP contribution in [0.2, 0.25) is 5.02 Å². The fraction of sp³-hybridized carbons (Fsp3) is 0.143. The molecular weight excluding hydrogens is 372 g/mol. The van der Waals surface area contributed by atoms with Gasteiger partial charge in [0.15, 0.2) is 0 Å².